The van der Waals surface area contributed by atoms with Crippen molar-refractivity contribution in [3.63, 3.8) is 0 Å². The monoisotopic (exact) mass is 180 g/mol. The standard InChI is InChI=1S/C9H5ClO2/c1-2-9(11)12-8-6-4-3-5-7(8)10/h1,3-6H. The molecule has 0 bridgehead atoms. The Hall–Kier alpha value is -1.46. The van der Waals surface area contributed by atoms with Crippen LogP contribution in [0.5, 0.6) is 5.75 Å². The highest BCUT2D eigenvalue weighted by Crippen LogP contribution is 2.22. The van der Waals surface area contributed by atoms with Gasteiger partial charge in [-0.2, -0.15) is 0 Å². The van der Waals surface area contributed by atoms with Crippen molar-refractivity contribution in [3.05, 3.63) is 29.3 Å². The lowest BCUT2D eigenvalue weighted by Crippen LogP contribution is -2.03. The Labute approximate surface area is 75.1 Å². The predicted molar refractivity (Wildman–Crippen MR) is 45.9 cm³/mol. The van der Waals surface area contributed by atoms with E-state index in [0.717, 1.165) is 0 Å². The van der Waals surface area contributed by atoms with E-state index in [1.165, 1.54) is 0 Å². The van der Waals surface area contributed by atoms with E-state index in [9.17, 15) is 4.79 Å². The van der Waals surface area contributed by atoms with Crippen molar-refractivity contribution in [1.82, 2.24) is 0 Å². The Kier molecular flexibility index (Phi) is 2.73. The van der Waals surface area contributed by atoms with E-state index in [1.807, 2.05) is 5.92 Å². The summed E-state index contributed by atoms with van der Waals surface area (Å²) in [5, 5.41) is 0.362. The number of benzene rings is 1. The Balaban J connectivity index is 2.84. The minimum absolute atomic E-state index is 0.280. The quantitative estimate of drug-likeness (QED) is 0.286. The summed E-state index contributed by atoms with van der Waals surface area (Å²) in [5.74, 6) is 1.35. The third-order valence-corrected chi connectivity index (χ3v) is 1.47. The Morgan fingerprint density at radius 3 is 2.75 bits per heavy atom. The molecule has 0 aliphatic heterocycles. The average molecular weight is 181 g/mol. The topological polar surface area (TPSA) is 26.3 Å². The Morgan fingerprint density at radius 2 is 2.17 bits per heavy atom. The van der Waals surface area contributed by atoms with Gasteiger partial charge in [0.2, 0.25) is 0 Å². The van der Waals surface area contributed by atoms with Crippen LogP contribution in [-0.2, 0) is 4.79 Å². The van der Waals surface area contributed by atoms with Gasteiger partial charge in [0.1, 0.15) is 5.75 Å². The van der Waals surface area contributed by atoms with Crippen LogP contribution in [0.15, 0.2) is 24.3 Å². The molecule has 1 aromatic rings. The minimum atomic E-state index is -0.747. The van der Waals surface area contributed by atoms with Crippen LogP contribution in [0.1, 0.15) is 0 Å². The SMILES string of the molecule is C#CC(=O)Oc1ccccc1Cl. The van der Waals surface area contributed by atoms with Crippen molar-refractivity contribution in [2.75, 3.05) is 0 Å². The smallest absolute Gasteiger partial charge is 0.389 e. The van der Waals surface area contributed by atoms with Gasteiger partial charge in [-0.3, -0.25) is 0 Å². The molecule has 0 amide bonds. The lowest BCUT2D eigenvalue weighted by atomic mass is 10.3. The van der Waals surface area contributed by atoms with E-state index >= 15 is 0 Å². The number of carbonyl (C=O) groups excluding carboxylic acids is 1. The largest absolute Gasteiger partial charge is 0.415 e. The molecular formula is C9H5ClO2. The number of esters is 1. The van der Waals surface area contributed by atoms with Gasteiger partial charge in [-0.25, -0.2) is 4.79 Å². The number of hydrogen-bond acceptors (Lipinski definition) is 2. The van der Waals surface area contributed by atoms with Crippen molar-refractivity contribution in [3.8, 4) is 18.1 Å². The first-order chi connectivity index (χ1) is 5.74. The lowest BCUT2D eigenvalue weighted by molar-refractivity contribution is -0.128. The van der Waals surface area contributed by atoms with Crippen LogP contribution in [0.3, 0.4) is 0 Å². The molecule has 0 saturated carbocycles. The van der Waals surface area contributed by atoms with Crippen LogP contribution in [0.2, 0.25) is 5.02 Å². The van der Waals surface area contributed by atoms with Gasteiger partial charge in [-0.05, 0) is 12.1 Å². The third-order valence-electron chi connectivity index (χ3n) is 1.16. The zero-order valence-corrected chi connectivity index (χ0v) is 6.84. The number of ether oxygens (including phenoxy) is 1. The summed E-state index contributed by atoms with van der Waals surface area (Å²) >= 11 is 5.68. The van der Waals surface area contributed by atoms with E-state index in [0.29, 0.717) is 5.02 Å². The molecule has 0 heterocycles. The number of para-hydroxylation sites is 1. The maximum atomic E-state index is 10.6. The fraction of sp³-hybridized carbons (Fsp3) is 0. The molecule has 0 N–H and O–H groups in total. The zero-order valence-electron chi connectivity index (χ0n) is 6.08. The molecule has 0 radical (unpaired) electrons. The molecule has 0 atom stereocenters. The first-order valence-electron chi connectivity index (χ1n) is 3.17. The molecule has 1 aromatic carbocycles. The van der Waals surface area contributed by atoms with Gasteiger partial charge in [0.05, 0.1) is 5.02 Å². The van der Waals surface area contributed by atoms with Crippen molar-refractivity contribution in [2.24, 2.45) is 0 Å². The molecule has 0 aromatic heterocycles. The zero-order chi connectivity index (χ0) is 8.97. The van der Waals surface area contributed by atoms with Gasteiger partial charge in [-0.1, -0.05) is 23.7 Å². The fourth-order valence-electron chi connectivity index (χ4n) is 0.657. The van der Waals surface area contributed by atoms with Crippen LogP contribution in [-0.4, -0.2) is 5.97 Å². The van der Waals surface area contributed by atoms with Gasteiger partial charge in [0.15, 0.2) is 0 Å². The van der Waals surface area contributed by atoms with Gasteiger partial charge >= 0.3 is 5.97 Å². The van der Waals surface area contributed by atoms with E-state index in [1.54, 1.807) is 24.3 Å². The molecule has 0 saturated heterocycles. The molecule has 0 spiro atoms. The maximum absolute atomic E-state index is 10.6. The van der Waals surface area contributed by atoms with Crippen molar-refractivity contribution in [1.29, 1.82) is 0 Å². The number of hydrogen-bond donors (Lipinski definition) is 0. The molecule has 3 heteroatoms. The van der Waals surface area contributed by atoms with Crippen molar-refractivity contribution in [2.45, 2.75) is 0 Å². The summed E-state index contributed by atoms with van der Waals surface area (Å²) in [6, 6.07) is 6.61. The molecular weight excluding hydrogens is 176 g/mol. The van der Waals surface area contributed by atoms with Crippen molar-refractivity contribution < 1.29 is 9.53 Å². The molecule has 0 fully saturated rings. The van der Waals surface area contributed by atoms with Crippen LogP contribution < -0.4 is 4.74 Å². The normalized spacial score (nSPS) is 8.67. The number of rotatable bonds is 1. The number of halogens is 1. The summed E-state index contributed by atoms with van der Waals surface area (Å²) in [4.78, 5) is 10.6. The summed E-state index contributed by atoms with van der Waals surface area (Å²) < 4.78 is 4.69. The lowest BCUT2D eigenvalue weighted by Gasteiger charge is -2.00. The second-order valence-electron chi connectivity index (χ2n) is 1.96. The Bertz CT molecular complexity index is 339. The second kappa shape index (κ2) is 3.80. The molecule has 12 heavy (non-hydrogen) atoms. The minimum Gasteiger partial charge on any atom is -0.415 e. The van der Waals surface area contributed by atoms with E-state index in [-0.39, 0.29) is 5.75 Å². The molecule has 2 nitrogen and oxygen atoms in total. The van der Waals surface area contributed by atoms with Crippen LogP contribution in [0.25, 0.3) is 0 Å². The summed E-state index contributed by atoms with van der Waals surface area (Å²) in [6.45, 7) is 0. The van der Waals surface area contributed by atoms with Gasteiger partial charge in [0, 0.05) is 5.92 Å². The Morgan fingerprint density at radius 1 is 1.50 bits per heavy atom. The maximum Gasteiger partial charge on any atom is 0.389 e. The van der Waals surface area contributed by atoms with Gasteiger partial charge in [0.25, 0.3) is 0 Å². The highest BCUT2D eigenvalue weighted by atomic mass is 35.5. The number of carbonyl (C=O) groups is 1. The molecule has 0 unspecified atom stereocenters. The van der Waals surface area contributed by atoms with Gasteiger partial charge < -0.3 is 4.74 Å². The summed E-state index contributed by atoms with van der Waals surface area (Å²) in [5.41, 5.74) is 0. The third kappa shape index (κ3) is 2.01. The van der Waals surface area contributed by atoms with Crippen LogP contribution >= 0.6 is 11.6 Å². The second-order valence-corrected chi connectivity index (χ2v) is 2.37. The van der Waals surface area contributed by atoms with Crippen LogP contribution in [0.4, 0.5) is 0 Å². The predicted octanol–water partition coefficient (Wildman–Crippen LogP) is 1.88. The first-order valence-corrected chi connectivity index (χ1v) is 3.55. The summed E-state index contributed by atoms with van der Waals surface area (Å²) in [7, 11) is 0. The van der Waals surface area contributed by atoms with E-state index < -0.39 is 5.97 Å². The molecule has 0 aliphatic rings. The number of terminal acetylenes is 1. The average Bonchev–Trinajstić information content (AvgIpc) is 2.09. The van der Waals surface area contributed by atoms with Crippen molar-refractivity contribution >= 4 is 17.6 Å². The first kappa shape index (κ1) is 8.63. The fourth-order valence-corrected chi connectivity index (χ4v) is 0.831. The van der Waals surface area contributed by atoms with E-state index in [2.05, 4.69) is 4.74 Å². The highest BCUT2D eigenvalue weighted by molar-refractivity contribution is 6.32. The molecule has 0 aliphatic carbocycles. The molecule has 1 rings (SSSR count). The van der Waals surface area contributed by atoms with Crippen LogP contribution in [0, 0.1) is 12.3 Å². The summed E-state index contributed by atoms with van der Waals surface area (Å²) in [6.07, 6.45) is 4.80. The van der Waals surface area contributed by atoms with Gasteiger partial charge in [-0.15, -0.1) is 6.42 Å². The van der Waals surface area contributed by atoms with E-state index in [4.69, 9.17) is 18.0 Å². The molecule has 60 valence electrons. The highest BCUT2D eigenvalue weighted by Gasteiger charge is 2.03.